The van der Waals surface area contributed by atoms with Gasteiger partial charge < -0.3 is 14.6 Å². The van der Waals surface area contributed by atoms with Gasteiger partial charge >= 0.3 is 0 Å². The molecule has 1 heterocycles. The summed E-state index contributed by atoms with van der Waals surface area (Å²) in [5.74, 6) is 0.789. The standard InChI is InChI=1S/C25H22ClN3O5S/c26-20-8-12-22(13-9-20)35(31,32)29-24-23(25(28-17-27-24)33-15-14-30)19-6-10-21(11-7-19)34-16-18-4-2-1-3-5-18/h1-13,17,30H,14-16H2,(H,27,28,29). The van der Waals surface area contributed by atoms with Crippen molar-refractivity contribution in [2.75, 3.05) is 17.9 Å². The molecule has 8 nitrogen and oxygen atoms in total. The van der Waals surface area contributed by atoms with E-state index < -0.39 is 10.0 Å². The van der Waals surface area contributed by atoms with E-state index in [1.165, 1.54) is 30.6 Å². The van der Waals surface area contributed by atoms with Crippen molar-refractivity contribution in [2.45, 2.75) is 11.5 Å². The minimum atomic E-state index is -3.97. The van der Waals surface area contributed by atoms with Crippen molar-refractivity contribution in [2.24, 2.45) is 0 Å². The highest BCUT2D eigenvalue weighted by atomic mass is 35.5. The molecule has 0 aliphatic rings. The van der Waals surface area contributed by atoms with E-state index in [1.807, 2.05) is 30.3 Å². The Morgan fingerprint density at radius 3 is 2.29 bits per heavy atom. The average Bonchev–Trinajstić information content (AvgIpc) is 2.87. The number of hydrogen-bond donors (Lipinski definition) is 2. The molecule has 0 amide bonds. The quantitative estimate of drug-likeness (QED) is 0.321. The van der Waals surface area contributed by atoms with Gasteiger partial charge in [-0.3, -0.25) is 4.72 Å². The number of aromatic nitrogens is 2. The Kier molecular flexibility index (Phi) is 7.81. The zero-order chi connectivity index (χ0) is 24.7. The van der Waals surface area contributed by atoms with Gasteiger partial charge in [0.15, 0.2) is 5.82 Å². The Bertz CT molecular complexity index is 1370. The minimum absolute atomic E-state index is 0.0222. The lowest BCUT2D eigenvalue weighted by Gasteiger charge is -2.15. The summed E-state index contributed by atoms with van der Waals surface area (Å²) in [6.45, 7) is 0.152. The monoisotopic (exact) mass is 511 g/mol. The van der Waals surface area contributed by atoms with Crippen LogP contribution in [0.1, 0.15) is 5.56 Å². The van der Waals surface area contributed by atoms with Crippen LogP contribution in [0.5, 0.6) is 11.6 Å². The van der Waals surface area contributed by atoms with Gasteiger partial charge in [-0.2, -0.15) is 0 Å². The normalized spacial score (nSPS) is 11.1. The number of nitrogens with zero attached hydrogens (tertiary/aromatic N) is 2. The summed E-state index contributed by atoms with van der Waals surface area (Å²) < 4.78 is 39.9. The van der Waals surface area contributed by atoms with E-state index in [2.05, 4.69) is 14.7 Å². The first-order chi connectivity index (χ1) is 17.0. The van der Waals surface area contributed by atoms with Crippen LogP contribution in [0.4, 0.5) is 5.82 Å². The van der Waals surface area contributed by atoms with E-state index in [-0.39, 0.29) is 29.8 Å². The molecule has 0 saturated carbocycles. The van der Waals surface area contributed by atoms with Crippen molar-refractivity contribution in [1.82, 2.24) is 9.97 Å². The first kappa shape index (κ1) is 24.5. The molecule has 10 heteroatoms. The topological polar surface area (TPSA) is 111 Å². The number of sulfonamides is 1. The molecule has 0 spiro atoms. The molecule has 0 radical (unpaired) electrons. The molecular formula is C25H22ClN3O5S. The average molecular weight is 512 g/mol. The van der Waals surface area contributed by atoms with Gasteiger partial charge in [0.05, 0.1) is 17.1 Å². The summed E-state index contributed by atoms with van der Waals surface area (Å²) >= 11 is 5.88. The Balaban J connectivity index is 1.64. The number of ether oxygens (including phenoxy) is 2. The third-order valence-electron chi connectivity index (χ3n) is 4.89. The Morgan fingerprint density at radius 2 is 1.60 bits per heavy atom. The van der Waals surface area contributed by atoms with Gasteiger partial charge in [0.1, 0.15) is 25.3 Å². The van der Waals surface area contributed by atoms with Crippen LogP contribution in [-0.2, 0) is 16.6 Å². The maximum atomic E-state index is 13.0. The van der Waals surface area contributed by atoms with Crippen LogP contribution < -0.4 is 14.2 Å². The molecule has 0 unspecified atom stereocenters. The van der Waals surface area contributed by atoms with E-state index in [0.717, 1.165) is 5.56 Å². The second-order valence-electron chi connectivity index (χ2n) is 7.33. The highest BCUT2D eigenvalue weighted by Crippen LogP contribution is 2.36. The molecule has 0 fully saturated rings. The van der Waals surface area contributed by atoms with Gasteiger partial charge in [-0.25, -0.2) is 18.4 Å². The summed E-state index contributed by atoms with van der Waals surface area (Å²) in [6, 6.07) is 22.6. The summed E-state index contributed by atoms with van der Waals surface area (Å²) in [7, 11) is -3.97. The number of anilines is 1. The lowest BCUT2D eigenvalue weighted by Crippen LogP contribution is -2.15. The highest BCUT2D eigenvalue weighted by molar-refractivity contribution is 7.92. The van der Waals surface area contributed by atoms with Crippen LogP contribution in [-0.4, -0.2) is 36.7 Å². The maximum Gasteiger partial charge on any atom is 0.263 e. The predicted octanol–water partition coefficient (Wildman–Crippen LogP) is 4.55. The highest BCUT2D eigenvalue weighted by Gasteiger charge is 2.21. The molecular weight excluding hydrogens is 490 g/mol. The van der Waals surface area contributed by atoms with Gasteiger partial charge in [0.2, 0.25) is 5.88 Å². The number of hydrogen-bond acceptors (Lipinski definition) is 7. The lowest BCUT2D eigenvalue weighted by atomic mass is 10.1. The molecule has 35 heavy (non-hydrogen) atoms. The zero-order valence-electron chi connectivity index (χ0n) is 18.5. The summed E-state index contributed by atoms with van der Waals surface area (Å²) in [5.41, 5.74) is 1.96. The van der Waals surface area contributed by atoms with E-state index >= 15 is 0 Å². The van der Waals surface area contributed by atoms with Crippen LogP contribution in [0, 0.1) is 0 Å². The zero-order valence-corrected chi connectivity index (χ0v) is 20.0. The number of aliphatic hydroxyl groups is 1. The van der Waals surface area contributed by atoms with E-state index in [1.54, 1.807) is 24.3 Å². The summed E-state index contributed by atoms with van der Waals surface area (Å²) in [6.07, 6.45) is 1.19. The van der Waals surface area contributed by atoms with Crippen molar-refractivity contribution >= 4 is 27.4 Å². The number of rotatable bonds is 10. The van der Waals surface area contributed by atoms with Crippen molar-refractivity contribution in [1.29, 1.82) is 0 Å². The van der Waals surface area contributed by atoms with Gasteiger partial charge in [-0.15, -0.1) is 0 Å². The fourth-order valence-electron chi connectivity index (χ4n) is 3.22. The third-order valence-corrected chi connectivity index (χ3v) is 6.50. The van der Waals surface area contributed by atoms with Crippen LogP contribution in [0.25, 0.3) is 11.1 Å². The largest absolute Gasteiger partial charge is 0.489 e. The summed E-state index contributed by atoms with van der Waals surface area (Å²) in [5, 5.41) is 9.62. The van der Waals surface area contributed by atoms with Crippen molar-refractivity contribution in [3.63, 3.8) is 0 Å². The van der Waals surface area contributed by atoms with Crippen LogP contribution in [0.3, 0.4) is 0 Å². The van der Waals surface area contributed by atoms with Crippen molar-refractivity contribution in [3.05, 3.63) is 95.8 Å². The van der Waals surface area contributed by atoms with Gasteiger partial charge in [-0.1, -0.05) is 54.1 Å². The van der Waals surface area contributed by atoms with Gasteiger partial charge in [0.25, 0.3) is 10.0 Å². The van der Waals surface area contributed by atoms with E-state index in [9.17, 15) is 13.5 Å². The second-order valence-corrected chi connectivity index (χ2v) is 9.45. The van der Waals surface area contributed by atoms with Crippen LogP contribution in [0.2, 0.25) is 5.02 Å². The lowest BCUT2D eigenvalue weighted by molar-refractivity contribution is 0.197. The SMILES string of the molecule is O=S(=O)(Nc1ncnc(OCCO)c1-c1ccc(OCc2ccccc2)cc1)c1ccc(Cl)cc1. The molecule has 2 N–H and O–H groups in total. The Labute approximate surface area is 208 Å². The predicted molar refractivity (Wildman–Crippen MR) is 133 cm³/mol. The van der Waals surface area contributed by atoms with Gasteiger partial charge in [0, 0.05) is 5.02 Å². The third kappa shape index (κ3) is 6.27. The smallest absolute Gasteiger partial charge is 0.263 e. The van der Waals surface area contributed by atoms with E-state index in [0.29, 0.717) is 28.5 Å². The first-order valence-corrected chi connectivity index (χ1v) is 12.5. The summed E-state index contributed by atoms with van der Waals surface area (Å²) in [4.78, 5) is 8.31. The molecule has 0 aliphatic heterocycles. The molecule has 0 atom stereocenters. The maximum absolute atomic E-state index is 13.0. The molecule has 3 aromatic carbocycles. The Hall–Kier alpha value is -3.66. The second kappa shape index (κ2) is 11.2. The number of nitrogens with one attached hydrogen (secondary N) is 1. The first-order valence-electron chi connectivity index (χ1n) is 10.6. The molecule has 4 rings (SSSR count). The molecule has 4 aromatic rings. The molecule has 0 saturated heterocycles. The number of benzene rings is 3. The van der Waals surface area contributed by atoms with Crippen molar-refractivity contribution < 1.29 is 23.0 Å². The molecule has 1 aromatic heterocycles. The van der Waals surface area contributed by atoms with E-state index in [4.69, 9.17) is 21.1 Å². The van der Waals surface area contributed by atoms with Crippen LogP contribution >= 0.6 is 11.6 Å². The molecule has 0 aliphatic carbocycles. The Morgan fingerprint density at radius 1 is 0.886 bits per heavy atom. The molecule has 0 bridgehead atoms. The van der Waals surface area contributed by atoms with Crippen LogP contribution in [0.15, 0.2) is 90.1 Å². The minimum Gasteiger partial charge on any atom is -0.489 e. The number of halogens is 1. The number of aliphatic hydroxyl groups excluding tert-OH is 1. The fraction of sp³-hybridized carbons (Fsp3) is 0.120. The fourth-order valence-corrected chi connectivity index (χ4v) is 4.36. The molecule has 180 valence electrons. The van der Waals surface area contributed by atoms with Crippen molar-refractivity contribution in [3.8, 4) is 22.8 Å². The van der Waals surface area contributed by atoms with Gasteiger partial charge in [-0.05, 0) is 47.5 Å².